The second kappa shape index (κ2) is 17.8. The lowest BCUT2D eigenvalue weighted by Gasteiger charge is -2.26. The van der Waals surface area contributed by atoms with E-state index in [0.29, 0.717) is 0 Å². The van der Waals surface area contributed by atoms with Crippen LogP contribution in [-0.2, 0) is 0 Å². The normalized spacial score (nSPS) is 11.6. The third-order valence-corrected chi connectivity index (χ3v) is 15.8. The molecule has 0 unspecified atom stereocenters. The largest absolute Gasteiger partial charge is 0.311 e. The first kappa shape index (κ1) is 42.6. The zero-order valence-corrected chi connectivity index (χ0v) is 40.7. The Bertz CT molecular complexity index is 4300. The van der Waals surface area contributed by atoms with Crippen LogP contribution in [0.25, 0.3) is 114 Å². The van der Waals surface area contributed by atoms with E-state index in [-0.39, 0.29) is 0 Å². The Hall–Kier alpha value is -9.28. The van der Waals surface area contributed by atoms with Crippen molar-refractivity contribution in [2.24, 2.45) is 0 Å². The van der Waals surface area contributed by atoms with E-state index < -0.39 is 0 Å². The molecule has 73 heavy (non-hydrogen) atoms. The Kier molecular flexibility index (Phi) is 10.4. The zero-order valence-electron chi connectivity index (χ0n) is 39.9. The van der Waals surface area contributed by atoms with Gasteiger partial charge < -0.3 is 9.47 Å². The van der Waals surface area contributed by atoms with E-state index in [1.54, 1.807) is 0 Å². The summed E-state index contributed by atoms with van der Waals surface area (Å²) in [6.45, 7) is 0. The van der Waals surface area contributed by atoms with Gasteiger partial charge in [0.05, 0.1) is 11.0 Å². The van der Waals surface area contributed by atoms with Gasteiger partial charge in [-0.1, -0.05) is 200 Å². The average molecular weight is 947 g/mol. The summed E-state index contributed by atoms with van der Waals surface area (Å²) in [7, 11) is 0. The van der Waals surface area contributed by atoms with Crippen LogP contribution in [0.5, 0.6) is 0 Å². The summed E-state index contributed by atoms with van der Waals surface area (Å²) in [5.41, 5.74) is 18.8. The minimum Gasteiger partial charge on any atom is -0.311 e. The van der Waals surface area contributed by atoms with Gasteiger partial charge in [-0.2, -0.15) is 0 Å². The van der Waals surface area contributed by atoms with Crippen LogP contribution in [0.1, 0.15) is 0 Å². The molecule has 0 aliphatic heterocycles. The average Bonchev–Trinajstić information content (AvgIpc) is 4.02. The maximum absolute atomic E-state index is 2.38. The Morgan fingerprint density at radius 2 is 0.712 bits per heavy atom. The fourth-order valence-corrected chi connectivity index (χ4v) is 12.2. The minimum absolute atomic E-state index is 1.09. The molecule has 3 heteroatoms. The summed E-state index contributed by atoms with van der Waals surface area (Å²) < 4.78 is 5.03. The number of fused-ring (bicyclic) bond motifs is 7. The Labute approximate surface area is 428 Å². The zero-order chi connectivity index (χ0) is 48.2. The maximum atomic E-state index is 2.38. The number of rotatable bonds is 9. The Morgan fingerprint density at radius 3 is 1.36 bits per heavy atom. The lowest BCUT2D eigenvalue weighted by Crippen LogP contribution is -2.09. The molecule has 0 saturated carbocycles. The summed E-state index contributed by atoms with van der Waals surface area (Å²) in [6, 6.07) is 102. The molecule has 0 spiro atoms. The third kappa shape index (κ3) is 7.66. The van der Waals surface area contributed by atoms with Gasteiger partial charge in [0.2, 0.25) is 0 Å². The first-order valence-electron chi connectivity index (χ1n) is 25.0. The van der Waals surface area contributed by atoms with Gasteiger partial charge in [0.1, 0.15) is 0 Å². The monoisotopic (exact) mass is 946 g/mol. The first-order chi connectivity index (χ1) is 36.2. The summed E-state index contributed by atoms with van der Waals surface area (Å²) in [4.78, 5) is 2.37. The van der Waals surface area contributed by atoms with Gasteiger partial charge in [-0.15, -0.1) is 11.3 Å². The van der Waals surface area contributed by atoms with Crippen molar-refractivity contribution in [3.63, 3.8) is 0 Å². The lowest BCUT2D eigenvalue weighted by atomic mass is 9.97. The highest BCUT2D eigenvalue weighted by molar-refractivity contribution is 7.26. The summed E-state index contributed by atoms with van der Waals surface area (Å²) in [6.07, 6.45) is 0. The van der Waals surface area contributed by atoms with Crippen LogP contribution in [0.15, 0.2) is 279 Å². The van der Waals surface area contributed by atoms with Crippen molar-refractivity contribution in [2.75, 3.05) is 4.90 Å². The molecule has 2 aromatic heterocycles. The molecule has 14 aromatic rings. The molecule has 0 atom stereocenters. The van der Waals surface area contributed by atoms with E-state index in [1.807, 2.05) is 11.3 Å². The van der Waals surface area contributed by atoms with Gasteiger partial charge in [-0.05, 0) is 145 Å². The van der Waals surface area contributed by atoms with E-state index in [2.05, 4.69) is 289 Å². The minimum atomic E-state index is 1.09. The number of hydrogen-bond acceptors (Lipinski definition) is 2. The summed E-state index contributed by atoms with van der Waals surface area (Å²) in [5, 5.41) is 7.67. The maximum Gasteiger partial charge on any atom is 0.0541 e. The number of hydrogen-bond donors (Lipinski definition) is 0. The van der Waals surface area contributed by atoms with Crippen molar-refractivity contribution in [3.05, 3.63) is 279 Å². The number of aromatic nitrogens is 1. The fraction of sp³-hybridized carbons (Fsp3) is 0. The smallest absolute Gasteiger partial charge is 0.0541 e. The molecule has 14 rings (SSSR count). The van der Waals surface area contributed by atoms with Crippen molar-refractivity contribution in [3.8, 4) is 61.3 Å². The number of nitrogens with zero attached hydrogens (tertiary/aromatic N) is 2. The Morgan fingerprint density at radius 1 is 0.274 bits per heavy atom. The van der Waals surface area contributed by atoms with Crippen LogP contribution in [0.4, 0.5) is 17.1 Å². The van der Waals surface area contributed by atoms with E-state index in [1.165, 1.54) is 108 Å². The van der Waals surface area contributed by atoms with Gasteiger partial charge in [0.15, 0.2) is 0 Å². The van der Waals surface area contributed by atoms with Crippen molar-refractivity contribution < 1.29 is 0 Å². The molecule has 2 nitrogen and oxygen atoms in total. The topological polar surface area (TPSA) is 8.17 Å². The highest BCUT2D eigenvalue weighted by Crippen LogP contribution is 2.43. The van der Waals surface area contributed by atoms with Gasteiger partial charge in [-0.3, -0.25) is 0 Å². The van der Waals surface area contributed by atoms with Gasteiger partial charge in [0, 0.05) is 53.7 Å². The molecule has 0 saturated heterocycles. The summed E-state index contributed by atoms with van der Waals surface area (Å²) >= 11 is 1.87. The van der Waals surface area contributed by atoms with Crippen LogP contribution in [0.3, 0.4) is 0 Å². The highest BCUT2D eigenvalue weighted by Gasteiger charge is 2.17. The van der Waals surface area contributed by atoms with Crippen molar-refractivity contribution in [1.29, 1.82) is 0 Å². The highest BCUT2D eigenvalue weighted by atomic mass is 32.1. The van der Waals surface area contributed by atoms with Gasteiger partial charge in [-0.25, -0.2) is 0 Å². The van der Waals surface area contributed by atoms with Crippen molar-refractivity contribution in [2.45, 2.75) is 0 Å². The molecule has 0 bridgehead atoms. The van der Waals surface area contributed by atoms with Crippen LogP contribution in [0, 0.1) is 0 Å². The molecule has 342 valence electrons. The Balaban J connectivity index is 0.787. The number of para-hydroxylation sites is 2. The van der Waals surface area contributed by atoms with Crippen LogP contribution in [-0.4, -0.2) is 4.57 Å². The molecule has 0 fully saturated rings. The van der Waals surface area contributed by atoms with E-state index in [0.717, 1.165) is 22.7 Å². The second-order valence-corrected chi connectivity index (χ2v) is 19.9. The number of anilines is 3. The predicted molar refractivity (Wildman–Crippen MR) is 313 cm³/mol. The van der Waals surface area contributed by atoms with Gasteiger partial charge in [0.25, 0.3) is 0 Å². The molecule has 0 aliphatic carbocycles. The molecule has 0 aliphatic rings. The van der Waals surface area contributed by atoms with Crippen LogP contribution < -0.4 is 4.90 Å². The van der Waals surface area contributed by atoms with E-state index in [9.17, 15) is 0 Å². The fourth-order valence-electron chi connectivity index (χ4n) is 10.9. The molecular weight excluding hydrogens is 901 g/mol. The second-order valence-electron chi connectivity index (χ2n) is 18.9. The molecule has 2 heterocycles. The molecule has 12 aromatic carbocycles. The predicted octanol–water partition coefficient (Wildman–Crippen LogP) is 20.1. The van der Waals surface area contributed by atoms with Crippen molar-refractivity contribution >= 4 is 81.1 Å². The third-order valence-electron chi connectivity index (χ3n) is 14.6. The van der Waals surface area contributed by atoms with Gasteiger partial charge >= 0.3 is 0 Å². The quantitative estimate of drug-likeness (QED) is 0.140. The van der Waals surface area contributed by atoms with Crippen LogP contribution in [0.2, 0.25) is 0 Å². The van der Waals surface area contributed by atoms with Crippen LogP contribution >= 0.6 is 11.3 Å². The molecule has 0 amide bonds. The number of benzene rings is 12. The lowest BCUT2D eigenvalue weighted by molar-refractivity contribution is 1.18. The van der Waals surface area contributed by atoms with Crippen molar-refractivity contribution in [1.82, 2.24) is 4.57 Å². The molecule has 0 N–H and O–H groups in total. The summed E-state index contributed by atoms with van der Waals surface area (Å²) in [5.74, 6) is 0. The van der Waals surface area contributed by atoms with E-state index >= 15 is 0 Å². The van der Waals surface area contributed by atoms with E-state index in [4.69, 9.17) is 0 Å². The molecular formula is C70H46N2S. The SMILES string of the molecule is c1cc(-c2ccc(N(c3ccc(-c4ccc(-c5cccc(-n6c7ccccc7c7ccccc76)c5)cc4)cc3)c3ccc(-c4cccc5c4sc4ccccc45)cc3)cc2)cc(-c2ccc3ccccc3c2)c1. The number of thiophene rings is 1. The standard InChI is InChI=1S/C70H46N2S/c1-2-13-53-45-57(31-30-47(53)12-1)55-15-9-14-54(44-55)51-34-40-59(41-35-51)71(60-42-36-52(37-43-60)62-21-11-22-66-65-20-5-8-25-69(65)73-70(62)66)58-38-32-49(33-39-58)48-26-28-50(29-27-48)56-16-10-17-61(46-56)72-67-23-6-3-18-63(67)64-19-4-7-24-68(64)72/h1-46H. The molecule has 0 radical (unpaired) electrons. The first-order valence-corrected chi connectivity index (χ1v) is 25.8.